The zero-order valence-electron chi connectivity index (χ0n) is 10.1. The number of rotatable bonds is 2. The molecule has 2 heterocycles. The largest absolute Gasteiger partial charge is 0.472 e. The van der Waals surface area contributed by atoms with Crippen LogP contribution in [0, 0.1) is 5.82 Å². The number of fused-ring (bicyclic) bond motifs is 1. The first-order valence-corrected chi connectivity index (χ1v) is 6.98. The topological polar surface area (TPSA) is 42.2 Å². The minimum absolute atomic E-state index is 0.144. The molecule has 98 valence electrons. The molecule has 3 rings (SSSR count). The number of hydrogen-bond acceptors (Lipinski definition) is 3. The van der Waals surface area contributed by atoms with Crippen molar-refractivity contribution in [2.45, 2.75) is 17.4 Å². The van der Waals surface area contributed by atoms with Crippen LogP contribution in [0.25, 0.3) is 0 Å². The molecule has 1 aliphatic rings. The molecule has 1 aliphatic heterocycles. The van der Waals surface area contributed by atoms with E-state index in [0.717, 1.165) is 17.7 Å². The number of carbonyl (C=O) groups is 1. The lowest BCUT2D eigenvalue weighted by Crippen LogP contribution is -2.30. The van der Waals surface area contributed by atoms with Crippen LogP contribution in [-0.2, 0) is 0 Å². The first kappa shape index (κ1) is 12.3. The Bertz CT molecular complexity index is 597. The first-order valence-electron chi connectivity index (χ1n) is 6.00. The van der Waals surface area contributed by atoms with Crippen LogP contribution in [0.4, 0.5) is 4.39 Å². The highest BCUT2D eigenvalue weighted by Gasteiger charge is 2.24. The monoisotopic (exact) mass is 277 g/mol. The molecule has 5 heteroatoms. The highest BCUT2D eigenvalue weighted by Crippen LogP contribution is 2.37. The number of thioether (sulfide) groups is 1. The lowest BCUT2D eigenvalue weighted by molar-refractivity contribution is 0.0934. The van der Waals surface area contributed by atoms with Gasteiger partial charge in [0.25, 0.3) is 5.91 Å². The molecule has 1 N–H and O–H groups in total. The van der Waals surface area contributed by atoms with E-state index in [1.165, 1.54) is 30.4 Å². The van der Waals surface area contributed by atoms with Crippen molar-refractivity contribution in [2.75, 3.05) is 5.75 Å². The summed E-state index contributed by atoms with van der Waals surface area (Å²) < 4.78 is 18.6. The highest BCUT2D eigenvalue weighted by molar-refractivity contribution is 7.99. The van der Waals surface area contributed by atoms with Gasteiger partial charge in [0.1, 0.15) is 12.1 Å². The van der Waals surface area contributed by atoms with Gasteiger partial charge in [-0.15, -0.1) is 11.8 Å². The van der Waals surface area contributed by atoms with Crippen LogP contribution in [-0.4, -0.2) is 11.7 Å². The second-order valence-electron chi connectivity index (χ2n) is 4.33. The van der Waals surface area contributed by atoms with Crippen LogP contribution in [0.2, 0.25) is 0 Å². The minimum Gasteiger partial charge on any atom is -0.472 e. The van der Waals surface area contributed by atoms with Crippen molar-refractivity contribution in [3.05, 3.63) is 53.7 Å². The fourth-order valence-corrected chi connectivity index (χ4v) is 3.31. The van der Waals surface area contributed by atoms with E-state index in [1.807, 2.05) is 6.07 Å². The molecule has 0 aliphatic carbocycles. The molecule has 1 aromatic heterocycles. The molecule has 0 saturated heterocycles. The van der Waals surface area contributed by atoms with Gasteiger partial charge >= 0.3 is 0 Å². The van der Waals surface area contributed by atoms with Gasteiger partial charge in [0.05, 0.1) is 17.9 Å². The fraction of sp³-hybridized carbons (Fsp3) is 0.214. The maximum Gasteiger partial charge on any atom is 0.255 e. The van der Waals surface area contributed by atoms with E-state index in [1.54, 1.807) is 12.1 Å². The number of amides is 1. The third-order valence-corrected chi connectivity index (χ3v) is 4.27. The lowest BCUT2D eigenvalue weighted by atomic mass is 10.0. The molecule has 19 heavy (non-hydrogen) atoms. The van der Waals surface area contributed by atoms with Crippen molar-refractivity contribution in [3.8, 4) is 0 Å². The van der Waals surface area contributed by atoms with Crippen molar-refractivity contribution < 1.29 is 13.6 Å². The number of halogens is 1. The number of benzene rings is 1. The van der Waals surface area contributed by atoms with Gasteiger partial charge in [-0.3, -0.25) is 4.79 Å². The molecule has 0 radical (unpaired) electrons. The molecule has 0 saturated carbocycles. The zero-order valence-corrected chi connectivity index (χ0v) is 10.9. The third kappa shape index (κ3) is 2.38. The molecule has 1 aromatic carbocycles. The van der Waals surface area contributed by atoms with Gasteiger partial charge < -0.3 is 9.73 Å². The molecule has 1 amide bonds. The summed E-state index contributed by atoms with van der Waals surface area (Å²) in [6, 6.07) is 6.46. The summed E-state index contributed by atoms with van der Waals surface area (Å²) in [5.74, 6) is 0.384. The van der Waals surface area contributed by atoms with Gasteiger partial charge in [-0.2, -0.15) is 0 Å². The van der Waals surface area contributed by atoms with E-state index < -0.39 is 0 Å². The molecule has 0 fully saturated rings. The van der Waals surface area contributed by atoms with Crippen molar-refractivity contribution >= 4 is 17.7 Å². The van der Waals surface area contributed by atoms with E-state index in [-0.39, 0.29) is 17.8 Å². The second-order valence-corrected chi connectivity index (χ2v) is 5.44. The Labute approximate surface area is 114 Å². The summed E-state index contributed by atoms with van der Waals surface area (Å²) in [6.45, 7) is 0. The van der Waals surface area contributed by atoms with Crippen LogP contribution in [0.1, 0.15) is 28.4 Å². The maximum absolute atomic E-state index is 13.7. The highest BCUT2D eigenvalue weighted by atomic mass is 32.2. The van der Waals surface area contributed by atoms with E-state index in [9.17, 15) is 9.18 Å². The normalized spacial score (nSPS) is 17.8. The predicted molar refractivity (Wildman–Crippen MR) is 70.7 cm³/mol. The molecular formula is C14H12FNO2S. The van der Waals surface area contributed by atoms with Gasteiger partial charge in [-0.25, -0.2) is 4.39 Å². The van der Waals surface area contributed by atoms with Crippen LogP contribution in [0.15, 0.2) is 46.1 Å². The van der Waals surface area contributed by atoms with Crippen LogP contribution < -0.4 is 5.32 Å². The summed E-state index contributed by atoms with van der Waals surface area (Å²) in [6.07, 6.45) is 3.66. The maximum atomic E-state index is 13.7. The van der Waals surface area contributed by atoms with Gasteiger partial charge in [-0.05, 0) is 24.1 Å². The number of nitrogens with one attached hydrogen (secondary N) is 1. The molecule has 0 spiro atoms. The van der Waals surface area contributed by atoms with Crippen molar-refractivity contribution in [3.63, 3.8) is 0 Å². The Morgan fingerprint density at radius 3 is 3.11 bits per heavy atom. The summed E-state index contributed by atoms with van der Waals surface area (Å²) in [5, 5.41) is 2.93. The fourth-order valence-electron chi connectivity index (χ4n) is 2.17. The summed E-state index contributed by atoms with van der Waals surface area (Å²) in [7, 11) is 0. The summed E-state index contributed by atoms with van der Waals surface area (Å²) in [5.41, 5.74) is 1.34. The van der Waals surface area contributed by atoms with Crippen LogP contribution in [0.3, 0.4) is 0 Å². The van der Waals surface area contributed by atoms with Gasteiger partial charge in [0.2, 0.25) is 0 Å². The Morgan fingerprint density at radius 1 is 1.42 bits per heavy atom. The van der Waals surface area contributed by atoms with Gasteiger partial charge in [-0.1, -0.05) is 12.1 Å². The van der Waals surface area contributed by atoms with E-state index in [2.05, 4.69) is 5.32 Å². The smallest absolute Gasteiger partial charge is 0.255 e. The summed E-state index contributed by atoms with van der Waals surface area (Å²) >= 11 is 1.50. The van der Waals surface area contributed by atoms with Gasteiger partial charge in [0, 0.05) is 10.6 Å². The Morgan fingerprint density at radius 2 is 2.32 bits per heavy atom. The minimum atomic E-state index is -0.218. The second kappa shape index (κ2) is 5.09. The number of carbonyl (C=O) groups excluding carboxylic acids is 1. The molecule has 3 nitrogen and oxygen atoms in total. The zero-order chi connectivity index (χ0) is 13.2. The van der Waals surface area contributed by atoms with E-state index in [4.69, 9.17) is 4.42 Å². The van der Waals surface area contributed by atoms with E-state index >= 15 is 0 Å². The van der Waals surface area contributed by atoms with Crippen molar-refractivity contribution in [2.24, 2.45) is 0 Å². The lowest BCUT2D eigenvalue weighted by Gasteiger charge is -2.26. The first-order chi connectivity index (χ1) is 9.25. The number of hydrogen-bond donors (Lipinski definition) is 1. The predicted octanol–water partition coefficient (Wildman–Crippen LogP) is 3.39. The average molecular weight is 277 g/mol. The van der Waals surface area contributed by atoms with Crippen LogP contribution in [0.5, 0.6) is 0 Å². The van der Waals surface area contributed by atoms with Crippen molar-refractivity contribution in [1.82, 2.24) is 5.32 Å². The molecule has 0 bridgehead atoms. The van der Waals surface area contributed by atoms with Gasteiger partial charge in [0.15, 0.2) is 0 Å². The molecule has 2 aromatic rings. The van der Waals surface area contributed by atoms with E-state index in [0.29, 0.717) is 10.5 Å². The van der Waals surface area contributed by atoms with Crippen LogP contribution >= 0.6 is 11.8 Å². The quantitative estimate of drug-likeness (QED) is 0.915. The standard InChI is InChI=1S/C14H12FNO2S/c15-11-3-1-2-10-12(5-7-19-13(10)11)16-14(17)9-4-6-18-8-9/h1-4,6,8,12H,5,7H2,(H,16,17)/t12-/m1/s1. The Kier molecular flexibility index (Phi) is 3.29. The Balaban J connectivity index is 1.84. The molecule has 1 atom stereocenters. The summed E-state index contributed by atoms with van der Waals surface area (Å²) in [4.78, 5) is 12.6. The SMILES string of the molecule is O=C(N[C@@H]1CCSc2c(F)cccc21)c1ccoc1. The molecular weight excluding hydrogens is 265 g/mol. The number of furan rings is 1. The molecule has 0 unspecified atom stereocenters. The average Bonchev–Trinajstić information content (AvgIpc) is 2.94. The third-order valence-electron chi connectivity index (χ3n) is 3.11. The van der Waals surface area contributed by atoms with Crippen molar-refractivity contribution in [1.29, 1.82) is 0 Å². The Hall–Kier alpha value is -1.75.